The highest BCUT2D eigenvalue weighted by Gasteiger charge is 2.24. The number of rotatable bonds is 10. The minimum absolute atomic E-state index is 0.0577. The summed E-state index contributed by atoms with van der Waals surface area (Å²) in [7, 11) is 3.36. The number of phenols is 1. The molecule has 0 amide bonds. The van der Waals surface area contributed by atoms with Crippen molar-refractivity contribution >= 4 is 28.9 Å². The molecule has 0 bridgehead atoms. The summed E-state index contributed by atoms with van der Waals surface area (Å²) >= 11 is 0. The molecule has 1 aliphatic carbocycles. The SMILES string of the molecule is CN=C(NC)NCCC[C@H](NCc1c(O)ccc2c(-c3ccccc3C(=O)O)c3ccc(=O)cc-3oc12)C(=O)O. The average Bonchev–Trinajstić information content (AvgIpc) is 2.94. The van der Waals surface area contributed by atoms with Gasteiger partial charge in [-0.25, -0.2) is 4.79 Å². The van der Waals surface area contributed by atoms with E-state index in [-0.39, 0.29) is 40.2 Å². The van der Waals surface area contributed by atoms with Crippen molar-refractivity contribution in [2.45, 2.75) is 25.4 Å². The topological polar surface area (TPSA) is 173 Å². The molecule has 0 radical (unpaired) electrons. The van der Waals surface area contributed by atoms with Crippen LogP contribution in [0.25, 0.3) is 33.4 Å². The number of aliphatic imine (C=N–C) groups is 1. The van der Waals surface area contributed by atoms with Crippen LogP contribution >= 0.6 is 0 Å². The second-order valence-electron chi connectivity index (χ2n) is 9.09. The number of carbonyl (C=O) groups is 2. The number of nitrogens with zero attached hydrogens (tertiary/aromatic N) is 1. The predicted octanol–water partition coefficient (Wildman–Crippen LogP) is 3.09. The molecule has 208 valence electrons. The van der Waals surface area contributed by atoms with E-state index in [4.69, 9.17) is 4.42 Å². The summed E-state index contributed by atoms with van der Waals surface area (Å²) in [5.41, 5.74) is 1.71. The number of aromatic carboxylic acids is 1. The highest BCUT2D eigenvalue weighted by atomic mass is 16.4. The van der Waals surface area contributed by atoms with Gasteiger partial charge < -0.3 is 35.7 Å². The summed E-state index contributed by atoms with van der Waals surface area (Å²) in [4.78, 5) is 40.2. The van der Waals surface area contributed by atoms with Crippen molar-refractivity contribution in [2.24, 2.45) is 4.99 Å². The molecule has 2 aromatic carbocycles. The summed E-state index contributed by atoms with van der Waals surface area (Å²) in [6.45, 7) is 0.446. The zero-order chi connectivity index (χ0) is 28.8. The summed E-state index contributed by atoms with van der Waals surface area (Å²) in [5, 5.41) is 39.9. The molecule has 1 atom stereocenters. The first-order valence-corrected chi connectivity index (χ1v) is 12.6. The molecule has 0 spiro atoms. The van der Waals surface area contributed by atoms with Gasteiger partial charge in [-0.3, -0.25) is 14.6 Å². The summed E-state index contributed by atoms with van der Waals surface area (Å²) in [5.74, 6) is -1.50. The Bertz CT molecular complexity index is 1610. The lowest BCUT2D eigenvalue weighted by Crippen LogP contribution is -2.38. The number of guanidine groups is 1. The molecular weight excluding hydrogens is 516 g/mol. The normalized spacial score (nSPS) is 12.4. The molecule has 2 aromatic rings. The van der Waals surface area contributed by atoms with E-state index in [0.717, 1.165) is 0 Å². The molecule has 4 rings (SSSR count). The van der Waals surface area contributed by atoms with E-state index < -0.39 is 18.0 Å². The lowest BCUT2D eigenvalue weighted by Gasteiger charge is -2.20. The van der Waals surface area contributed by atoms with Crippen LogP contribution in [-0.2, 0) is 11.3 Å². The molecule has 11 nitrogen and oxygen atoms in total. The van der Waals surface area contributed by atoms with Crippen molar-refractivity contribution < 1.29 is 29.3 Å². The second kappa shape index (κ2) is 12.3. The van der Waals surface area contributed by atoms with Gasteiger partial charge in [0.05, 0.1) is 11.1 Å². The fourth-order valence-corrected chi connectivity index (χ4v) is 4.66. The molecular formula is C29H30N4O7. The number of aromatic hydroxyl groups is 1. The zero-order valence-corrected chi connectivity index (χ0v) is 22.0. The Hall–Kier alpha value is -4.90. The number of hydrogen-bond donors (Lipinski definition) is 6. The number of phenolic OH excluding ortho intramolecular Hbond substituents is 1. The largest absolute Gasteiger partial charge is 0.507 e. The van der Waals surface area contributed by atoms with Crippen LogP contribution in [-0.4, -0.2) is 59.9 Å². The van der Waals surface area contributed by atoms with Crippen LogP contribution in [0.5, 0.6) is 5.75 Å². The van der Waals surface area contributed by atoms with Crippen molar-refractivity contribution in [3.05, 3.63) is 75.9 Å². The molecule has 1 heterocycles. The Morgan fingerprint density at radius 3 is 2.52 bits per heavy atom. The van der Waals surface area contributed by atoms with Gasteiger partial charge in [0.2, 0.25) is 0 Å². The third kappa shape index (κ3) is 5.89. The zero-order valence-electron chi connectivity index (χ0n) is 22.0. The van der Waals surface area contributed by atoms with Gasteiger partial charge in [0, 0.05) is 49.8 Å². The maximum absolute atomic E-state index is 12.2. The summed E-state index contributed by atoms with van der Waals surface area (Å²) in [6, 6.07) is 12.9. The van der Waals surface area contributed by atoms with Crippen LogP contribution in [0.1, 0.15) is 28.8 Å². The average molecular weight is 547 g/mol. The first-order chi connectivity index (χ1) is 19.2. The number of aliphatic carboxylic acids is 1. The molecule has 11 heteroatoms. The number of carboxylic acids is 2. The molecule has 0 aromatic heterocycles. The van der Waals surface area contributed by atoms with Gasteiger partial charge in [-0.2, -0.15) is 0 Å². The van der Waals surface area contributed by atoms with Crippen molar-refractivity contribution in [2.75, 3.05) is 20.6 Å². The third-order valence-electron chi connectivity index (χ3n) is 6.61. The molecule has 0 saturated heterocycles. The number of nitrogens with one attached hydrogen (secondary N) is 3. The van der Waals surface area contributed by atoms with Gasteiger partial charge in [0.15, 0.2) is 11.4 Å². The Morgan fingerprint density at radius 2 is 1.82 bits per heavy atom. The highest BCUT2D eigenvalue weighted by Crippen LogP contribution is 2.43. The predicted molar refractivity (Wildman–Crippen MR) is 151 cm³/mol. The van der Waals surface area contributed by atoms with E-state index in [9.17, 15) is 29.7 Å². The molecule has 0 unspecified atom stereocenters. The van der Waals surface area contributed by atoms with Crippen LogP contribution in [0.2, 0.25) is 0 Å². The van der Waals surface area contributed by atoms with Crippen molar-refractivity contribution in [3.63, 3.8) is 0 Å². The summed E-state index contributed by atoms with van der Waals surface area (Å²) < 4.78 is 6.12. The quantitative estimate of drug-likeness (QED) is 0.0751. The highest BCUT2D eigenvalue weighted by molar-refractivity contribution is 6.08. The van der Waals surface area contributed by atoms with Gasteiger partial charge in [-0.1, -0.05) is 18.2 Å². The van der Waals surface area contributed by atoms with E-state index in [0.29, 0.717) is 47.4 Å². The van der Waals surface area contributed by atoms with Crippen LogP contribution in [0, 0.1) is 0 Å². The van der Waals surface area contributed by atoms with Gasteiger partial charge in [-0.05, 0) is 48.7 Å². The van der Waals surface area contributed by atoms with Gasteiger partial charge in [0.1, 0.15) is 23.1 Å². The summed E-state index contributed by atoms with van der Waals surface area (Å²) in [6.07, 6.45) is 0.828. The number of hydrogen-bond acceptors (Lipinski definition) is 7. The fraction of sp³-hybridized carbons (Fsp3) is 0.241. The van der Waals surface area contributed by atoms with E-state index in [1.54, 1.807) is 44.4 Å². The second-order valence-corrected chi connectivity index (χ2v) is 9.09. The van der Waals surface area contributed by atoms with Crippen molar-refractivity contribution in [1.82, 2.24) is 16.0 Å². The molecule has 1 aliphatic heterocycles. The molecule has 0 fully saturated rings. The van der Waals surface area contributed by atoms with Crippen LogP contribution < -0.4 is 21.4 Å². The van der Waals surface area contributed by atoms with E-state index in [1.165, 1.54) is 24.3 Å². The number of carboxylic acid groups (broad SMARTS) is 2. The fourth-order valence-electron chi connectivity index (χ4n) is 4.66. The molecule has 6 N–H and O–H groups in total. The van der Waals surface area contributed by atoms with Gasteiger partial charge >= 0.3 is 11.9 Å². The smallest absolute Gasteiger partial charge is 0.336 e. The first kappa shape index (κ1) is 28.1. The van der Waals surface area contributed by atoms with Crippen LogP contribution in [0.3, 0.4) is 0 Å². The van der Waals surface area contributed by atoms with E-state index >= 15 is 0 Å². The Kier molecular flexibility index (Phi) is 8.65. The number of fused-ring (bicyclic) bond motifs is 2. The monoisotopic (exact) mass is 546 g/mol. The van der Waals surface area contributed by atoms with Crippen LogP contribution in [0.4, 0.5) is 0 Å². The standard InChI is InChI=1S/C29H30N4O7/c1-30-29(31-2)32-13-5-8-22(28(38)39)33-15-21-23(35)12-11-20-25(17-6-3-4-7-18(17)27(36)37)19-10-9-16(34)14-24(19)40-26(20)21/h3-4,6-7,9-12,14,22,33,35H,5,8,13,15H2,1-2H3,(H,36,37)(H,38,39)(H2,30,31,32)/t22-/m0/s1. The molecule has 2 aliphatic rings. The van der Waals surface area contributed by atoms with Crippen molar-refractivity contribution in [1.29, 1.82) is 0 Å². The lowest BCUT2D eigenvalue weighted by atomic mass is 9.90. The minimum atomic E-state index is -1.12. The Morgan fingerprint density at radius 1 is 1.05 bits per heavy atom. The maximum Gasteiger partial charge on any atom is 0.336 e. The van der Waals surface area contributed by atoms with Crippen LogP contribution in [0.15, 0.2) is 68.8 Å². The van der Waals surface area contributed by atoms with E-state index in [2.05, 4.69) is 20.9 Å². The number of benzene rings is 3. The van der Waals surface area contributed by atoms with Gasteiger partial charge in [0.25, 0.3) is 0 Å². The lowest BCUT2D eigenvalue weighted by molar-refractivity contribution is -0.139. The molecule has 40 heavy (non-hydrogen) atoms. The first-order valence-electron chi connectivity index (χ1n) is 12.6. The maximum atomic E-state index is 12.2. The Labute approximate surface area is 229 Å². The Balaban J connectivity index is 1.76. The van der Waals surface area contributed by atoms with Gasteiger partial charge in [-0.15, -0.1) is 0 Å². The molecule has 0 saturated carbocycles. The van der Waals surface area contributed by atoms with E-state index in [1.807, 2.05) is 0 Å². The minimum Gasteiger partial charge on any atom is -0.507 e. The third-order valence-corrected chi connectivity index (χ3v) is 6.61. The van der Waals surface area contributed by atoms with Crippen molar-refractivity contribution in [3.8, 4) is 28.2 Å².